The van der Waals surface area contributed by atoms with Gasteiger partial charge in [-0.3, -0.25) is 4.79 Å². The Morgan fingerprint density at radius 3 is 2.85 bits per heavy atom. The largest absolute Gasteiger partial charge is 0.458 e. The lowest BCUT2D eigenvalue weighted by Crippen LogP contribution is -2.48. The summed E-state index contributed by atoms with van der Waals surface area (Å²) in [6, 6.07) is 0. The summed E-state index contributed by atoms with van der Waals surface area (Å²) >= 11 is 0. The molecule has 4 aliphatic rings. The van der Waals surface area contributed by atoms with Crippen molar-refractivity contribution in [3.8, 4) is 0 Å². The maximum Gasteiger partial charge on any atom is 0.330 e. The predicted octanol–water partition coefficient (Wildman–Crippen LogP) is 4.95. The van der Waals surface area contributed by atoms with Crippen LogP contribution in [0.4, 0.5) is 0 Å². The lowest BCUT2D eigenvalue weighted by atomic mass is 9.48. The van der Waals surface area contributed by atoms with Crippen LogP contribution in [-0.2, 0) is 14.3 Å². The van der Waals surface area contributed by atoms with Crippen molar-refractivity contribution in [3.05, 3.63) is 48.1 Å². The molecule has 0 spiro atoms. The van der Waals surface area contributed by atoms with Crippen LogP contribution >= 0.6 is 0 Å². The van der Waals surface area contributed by atoms with Crippen LogP contribution in [0, 0.1) is 28.6 Å². The number of allylic oxidation sites excluding steroid dienone is 5. The van der Waals surface area contributed by atoms with Gasteiger partial charge in [0.15, 0.2) is 5.78 Å². The molecule has 5 atom stereocenters. The zero-order valence-electron chi connectivity index (χ0n) is 16.5. The summed E-state index contributed by atoms with van der Waals surface area (Å²) < 4.78 is 5.20. The van der Waals surface area contributed by atoms with Crippen LogP contribution in [0.15, 0.2) is 48.1 Å². The van der Waals surface area contributed by atoms with Gasteiger partial charge in [-0.2, -0.15) is 0 Å². The second-order valence-electron chi connectivity index (χ2n) is 9.16. The van der Waals surface area contributed by atoms with Crippen LogP contribution in [0.1, 0.15) is 52.4 Å². The van der Waals surface area contributed by atoms with Crippen molar-refractivity contribution in [2.24, 2.45) is 28.6 Å². The van der Waals surface area contributed by atoms with E-state index in [0.717, 1.165) is 12.8 Å². The molecule has 0 saturated heterocycles. The van der Waals surface area contributed by atoms with Crippen LogP contribution in [-0.4, -0.2) is 18.4 Å². The topological polar surface area (TPSA) is 43.4 Å². The molecule has 0 aromatic heterocycles. The standard InChI is InChI=1S/C24H30O3/c1-4-22(26)27-14-11-16-6-8-20-19-7-5-17-15-18(25)9-12-24(17,3)21(19)10-13-23(16,20)2/h4,9,11-12,15,19-21H,1,5-8,10,13-14H2,2-3H3/t19-,20-,21-,23+,24-/m0/s1. The van der Waals surface area contributed by atoms with E-state index in [1.807, 2.05) is 6.08 Å². The van der Waals surface area contributed by atoms with E-state index in [1.165, 1.54) is 42.9 Å². The molecule has 3 nitrogen and oxygen atoms in total. The maximum absolute atomic E-state index is 11.9. The molecular formula is C24H30O3. The maximum atomic E-state index is 11.9. The number of ketones is 1. The van der Waals surface area contributed by atoms with Gasteiger partial charge in [-0.05, 0) is 79.9 Å². The lowest BCUT2D eigenvalue weighted by molar-refractivity contribution is -0.136. The van der Waals surface area contributed by atoms with Crippen molar-refractivity contribution in [1.29, 1.82) is 0 Å². The summed E-state index contributed by atoms with van der Waals surface area (Å²) in [6.45, 7) is 8.58. The fourth-order valence-electron chi connectivity index (χ4n) is 6.66. The predicted molar refractivity (Wildman–Crippen MR) is 106 cm³/mol. The Morgan fingerprint density at radius 2 is 2.07 bits per heavy atom. The van der Waals surface area contributed by atoms with E-state index in [-0.39, 0.29) is 22.6 Å². The van der Waals surface area contributed by atoms with Gasteiger partial charge in [0.2, 0.25) is 0 Å². The smallest absolute Gasteiger partial charge is 0.330 e. The first kappa shape index (κ1) is 18.5. The molecular weight excluding hydrogens is 336 g/mol. The van der Waals surface area contributed by atoms with Crippen molar-refractivity contribution >= 4 is 11.8 Å². The van der Waals surface area contributed by atoms with Gasteiger partial charge in [0.25, 0.3) is 0 Å². The highest BCUT2D eigenvalue weighted by Gasteiger charge is 2.56. The van der Waals surface area contributed by atoms with Crippen molar-refractivity contribution in [3.63, 3.8) is 0 Å². The van der Waals surface area contributed by atoms with Crippen molar-refractivity contribution in [2.45, 2.75) is 52.4 Å². The number of rotatable bonds is 3. The molecule has 3 heteroatoms. The minimum Gasteiger partial charge on any atom is -0.458 e. The average Bonchev–Trinajstić information content (AvgIpc) is 2.99. The Balaban J connectivity index is 1.56. The third-order valence-corrected chi connectivity index (χ3v) is 8.13. The highest BCUT2D eigenvalue weighted by molar-refractivity contribution is 6.01. The van der Waals surface area contributed by atoms with Crippen LogP contribution in [0.25, 0.3) is 0 Å². The number of hydrogen-bond acceptors (Lipinski definition) is 3. The molecule has 0 aromatic carbocycles. The molecule has 27 heavy (non-hydrogen) atoms. The average molecular weight is 367 g/mol. The molecule has 0 aliphatic heterocycles. The van der Waals surface area contributed by atoms with E-state index in [4.69, 9.17) is 4.74 Å². The number of carbonyl (C=O) groups is 2. The van der Waals surface area contributed by atoms with Gasteiger partial charge in [-0.15, -0.1) is 0 Å². The SMILES string of the molecule is C=CC(=O)OCC=C1CC[C@H]2[C@@H]3CCC4=CC(=O)C=C[C@]4(C)[C@H]3CC[C@]12C. The molecule has 0 unspecified atom stereocenters. The van der Waals surface area contributed by atoms with Gasteiger partial charge >= 0.3 is 5.97 Å². The summed E-state index contributed by atoms with van der Waals surface area (Å²) in [6.07, 6.45) is 16.2. The van der Waals surface area contributed by atoms with E-state index in [2.05, 4.69) is 32.6 Å². The summed E-state index contributed by atoms with van der Waals surface area (Å²) in [5.41, 5.74) is 3.12. The molecule has 0 bridgehead atoms. The van der Waals surface area contributed by atoms with E-state index < -0.39 is 0 Å². The summed E-state index contributed by atoms with van der Waals surface area (Å²) in [5, 5.41) is 0. The summed E-state index contributed by atoms with van der Waals surface area (Å²) in [5.74, 6) is 1.85. The Morgan fingerprint density at radius 1 is 1.26 bits per heavy atom. The van der Waals surface area contributed by atoms with Crippen molar-refractivity contribution in [2.75, 3.05) is 6.61 Å². The van der Waals surface area contributed by atoms with Crippen molar-refractivity contribution < 1.29 is 14.3 Å². The second-order valence-corrected chi connectivity index (χ2v) is 9.16. The van der Waals surface area contributed by atoms with E-state index >= 15 is 0 Å². The van der Waals surface area contributed by atoms with Crippen LogP contribution in [0.2, 0.25) is 0 Å². The van der Waals surface area contributed by atoms with Gasteiger partial charge in [0.05, 0.1) is 0 Å². The minimum atomic E-state index is -0.353. The second kappa shape index (κ2) is 6.61. The Kier molecular flexibility index (Phi) is 4.52. The zero-order chi connectivity index (χ0) is 19.2. The molecule has 4 aliphatic carbocycles. The fourth-order valence-corrected chi connectivity index (χ4v) is 6.66. The third-order valence-electron chi connectivity index (χ3n) is 8.13. The number of hydrogen-bond donors (Lipinski definition) is 0. The van der Waals surface area contributed by atoms with E-state index in [9.17, 15) is 9.59 Å². The van der Waals surface area contributed by atoms with Gasteiger partial charge < -0.3 is 4.74 Å². The molecule has 0 N–H and O–H groups in total. The first-order valence-corrected chi connectivity index (χ1v) is 10.3. The van der Waals surface area contributed by atoms with Crippen molar-refractivity contribution in [1.82, 2.24) is 0 Å². The van der Waals surface area contributed by atoms with Gasteiger partial charge in [-0.1, -0.05) is 37.6 Å². The van der Waals surface area contributed by atoms with Gasteiger partial charge in [0.1, 0.15) is 6.61 Å². The number of ether oxygens (including phenoxy) is 1. The molecule has 0 aromatic rings. The number of esters is 1. The van der Waals surface area contributed by atoms with Crippen LogP contribution in [0.3, 0.4) is 0 Å². The Labute approximate surface area is 162 Å². The summed E-state index contributed by atoms with van der Waals surface area (Å²) in [7, 11) is 0. The minimum absolute atomic E-state index is 0.0596. The number of carbonyl (C=O) groups excluding carboxylic acids is 2. The van der Waals surface area contributed by atoms with Crippen LogP contribution < -0.4 is 0 Å². The lowest BCUT2D eigenvalue weighted by Gasteiger charge is -2.56. The monoisotopic (exact) mass is 366 g/mol. The first-order valence-electron chi connectivity index (χ1n) is 10.3. The Bertz CT molecular complexity index is 770. The molecule has 0 radical (unpaired) electrons. The Hall–Kier alpha value is -1.90. The molecule has 3 fully saturated rings. The first-order chi connectivity index (χ1) is 12.9. The molecule has 0 heterocycles. The zero-order valence-corrected chi connectivity index (χ0v) is 16.5. The van der Waals surface area contributed by atoms with Crippen LogP contribution in [0.5, 0.6) is 0 Å². The fraction of sp³-hybridized carbons (Fsp3) is 0.583. The van der Waals surface area contributed by atoms with E-state index in [1.54, 1.807) is 6.08 Å². The number of fused-ring (bicyclic) bond motifs is 5. The quantitative estimate of drug-likeness (QED) is 0.403. The third kappa shape index (κ3) is 2.86. The van der Waals surface area contributed by atoms with E-state index in [0.29, 0.717) is 24.4 Å². The summed E-state index contributed by atoms with van der Waals surface area (Å²) in [4.78, 5) is 23.2. The highest BCUT2D eigenvalue weighted by atomic mass is 16.5. The molecule has 4 rings (SSSR count). The van der Waals surface area contributed by atoms with Gasteiger partial charge in [0, 0.05) is 11.5 Å². The normalized spacial score (nSPS) is 41.4. The highest BCUT2D eigenvalue weighted by Crippen LogP contribution is 2.65. The molecule has 144 valence electrons. The molecule has 3 saturated carbocycles. The molecule has 0 amide bonds. The van der Waals surface area contributed by atoms with Gasteiger partial charge in [-0.25, -0.2) is 4.79 Å².